The molecule has 0 aliphatic heterocycles. The van der Waals surface area contributed by atoms with E-state index in [9.17, 15) is 10.1 Å². The second-order valence-electron chi connectivity index (χ2n) is 3.56. The summed E-state index contributed by atoms with van der Waals surface area (Å²) in [7, 11) is 0. The van der Waals surface area contributed by atoms with E-state index in [0.29, 0.717) is 11.3 Å². The van der Waals surface area contributed by atoms with Gasteiger partial charge in [-0.2, -0.15) is 0 Å². The Morgan fingerprint density at radius 1 is 1.11 bits per heavy atom. The Kier molecular flexibility index (Phi) is 3.74. The van der Waals surface area contributed by atoms with Crippen LogP contribution >= 0.6 is 12.6 Å². The lowest BCUT2D eigenvalue weighted by molar-refractivity contribution is -0.385. The van der Waals surface area contributed by atoms with E-state index in [-0.39, 0.29) is 5.69 Å². The Morgan fingerprint density at radius 2 is 1.78 bits per heavy atom. The summed E-state index contributed by atoms with van der Waals surface area (Å²) in [4.78, 5) is 15.3. The quantitative estimate of drug-likeness (QED) is 0.395. The van der Waals surface area contributed by atoms with Gasteiger partial charge < -0.3 is 0 Å². The number of aliphatic imine (C=N–C) groups is 1. The van der Waals surface area contributed by atoms with Crippen molar-refractivity contribution in [3.63, 3.8) is 0 Å². The number of rotatable bonds is 3. The van der Waals surface area contributed by atoms with Gasteiger partial charge in [-0.3, -0.25) is 15.1 Å². The van der Waals surface area contributed by atoms with Crippen molar-refractivity contribution in [1.82, 2.24) is 0 Å². The Labute approximate surface area is 110 Å². The van der Waals surface area contributed by atoms with Crippen molar-refractivity contribution in [3.8, 4) is 0 Å². The zero-order chi connectivity index (χ0) is 13.0. The van der Waals surface area contributed by atoms with E-state index in [4.69, 9.17) is 0 Å². The standard InChI is InChI=1S/C13H10N2O2S/c16-15(17)12-7-3-1-5-10(12)9-14-11-6-2-4-8-13(11)18/h1-9,18H. The van der Waals surface area contributed by atoms with Gasteiger partial charge in [0, 0.05) is 17.2 Å². The molecule has 0 fully saturated rings. The maximum absolute atomic E-state index is 10.8. The fourth-order valence-electron chi connectivity index (χ4n) is 1.48. The molecule has 0 N–H and O–H groups in total. The van der Waals surface area contributed by atoms with Gasteiger partial charge in [0.25, 0.3) is 5.69 Å². The smallest absolute Gasteiger partial charge is 0.258 e. The molecule has 0 heterocycles. The van der Waals surface area contributed by atoms with Gasteiger partial charge in [0.05, 0.1) is 16.2 Å². The molecule has 0 saturated carbocycles. The SMILES string of the molecule is O=[N+]([O-])c1ccccc1C=Nc1ccccc1S. The lowest BCUT2D eigenvalue weighted by Gasteiger charge is -1.98. The lowest BCUT2D eigenvalue weighted by atomic mass is 10.2. The number of benzene rings is 2. The highest BCUT2D eigenvalue weighted by Gasteiger charge is 2.09. The van der Waals surface area contributed by atoms with Gasteiger partial charge in [-0.25, -0.2) is 0 Å². The normalized spacial score (nSPS) is 10.7. The van der Waals surface area contributed by atoms with Gasteiger partial charge in [-0.15, -0.1) is 12.6 Å². The number of hydrogen-bond donors (Lipinski definition) is 1. The summed E-state index contributed by atoms with van der Waals surface area (Å²) >= 11 is 4.26. The third kappa shape index (κ3) is 2.75. The van der Waals surface area contributed by atoms with Crippen LogP contribution in [0.3, 0.4) is 0 Å². The van der Waals surface area contributed by atoms with Crippen molar-refractivity contribution < 1.29 is 4.92 Å². The first-order chi connectivity index (χ1) is 8.68. The minimum Gasteiger partial charge on any atom is -0.258 e. The molecule has 90 valence electrons. The maximum Gasteiger partial charge on any atom is 0.278 e. The Morgan fingerprint density at radius 3 is 2.50 bits per heavy atom. The number of hydrogen-bond acceptors (Lipinski definition) is 4. The van der Waals surface area contributed by atoms with Gasteiger partial charge in [0.2, 0.25) is 0 Å². The number of nitro groups is 1. The van der Waals surface area contributed by atoms with E-state index in [1.807, 2.05) is 18.2 Å². The predicted molar refractivity (Wildman–Crippen MR) is 74.0 cm³/mol. The van der Waals surface area contributed by atoms with Gasteiger partial charge in [0.15, 0.2) is 0 Å². The number of nitrogens with zero attached hydrogens (tertiary/aromatic N) is 2. The third-order valence-corrected chi connectivity index (χ3v) is 2.74. The summed E-state index contributed by atoms with van der Waals surface area (Å²) in [5.74, 6) is 0. The van der Waals surface area contributed by atoms with Crippen molar-refractivity contribution in [3.05, 3.63) is 64.2 Å². The molecule has 0 aliphatic carbocycles. The molecule has 5 heteroatoms. The zero-order valence-corrected chi connectivity index (χ0v) is 10.2. The number of nitro benzene ring substituents is 1. The molecule has 0 aromatic heterocycles. The average molecular weight is 258 g/mol. The number of para-hydroxylation sites is 2. The van der Waals surface area contributed by atoms with Crippen molar-refractivity contribution in [1.29, 1.82) is 0 Å². The second-order valence-corrected chi connectivity index (χ2v) is 4.04. The molecule has 0 radical (unpaired) electrons. The van der Waals surface area contributed by atoms with Crippen LogP contribution in [0.1, 0.15) is 5.56 Å². The van der Waals surface area contributed by atoms with Crippen LogP contribution in [0.5, 0.6) is 0 Å². The average Bonchev–Trinajstić information content (AvgIpc) is 2.38. The first kappa shape index (κ1) is 12.3. The molecule has 0 saturated heterocycles. The molecular formula is C13H10N2O2S. The molecule has 0 unspecified atom stereocenters. The molecule has 2 rings (SSSR count). The van der Waals surface area contributed by atoms with Crippen molar-refractivity contribution >= 4 is 30.2 Å². The van der Waals surface area contributed by atoms with Crippen LogP contribution in [0.2, 0.25) is 0 Å². The molecule has 18 heavy (non-hydrogen) atoms. The van der Waals surface area contributed by atoms with Crippen LogP contribution < -0.4 is 0 Å². The first-order valence-electron chi connectivity index (χ1n) is 5.24. The molecule has 4 nitrogen and oxygen atoms in total. The highest BCUT2D eigenvalue weighted by molar-refractivity contribution is 7.80. The largest absolute Gasteiger partial charge is 0.278 e. The Bertz CT molecular complexity index is 611. The van der Waals surface area contributed by atoms with Crippen LogP contribution in [0.4, 0.5) is 11.4 Å². The van der Waals surface area contributed by atoms with Crippen molar-refractivity contribution in [2.75, 3.05) is 0 Å². The highest BCUT2D eigenvalue weighted by atomic mass is 32.1. The fourth-order valence-corrected chi connectivity index (χ4v) is 1.69. The van der Waals surface area contributed by atoms with Crippen LogP contribution in [0, 0.1) is 10.1 Å². The lowest BCUT2D eigenvalue weighted by Crippen LogP contribution is -1.93. The zero-order valence-electron chi connectivity index (χ0n) is 9.35. The molecule has 0 atom stereocenters. The van der Waals surface area contributed by atoms with Crippen molar-refractivity contribution in [2.45, 2.75) is 4.90 Å². The van der Waals surface area contributed by atoms with Gasteiger partial charge >= 0.3 is 0 Å². The second kappa shape index (κ2) is 5.46. The summed E-state index contributed by atoms with van der Waals surface area (Å²) in [5.41, 5.74) is 1.19. The van der Waals surface area contributed by atoms with Gasteiger partial charge in [-0.1, -0.05) is 24.3 Å². The highest BCUT2D eigenvalue weighted by Crippen LogP contribution is 2.23. The van der Waals surface area contributed by atoms with Crippen LogP contribution in [-0.2, 0) is 0 Å². The van der Waals surface area contributed by atoms with Crippen molar-refractivity contribution in [2.24, 2.45) is 4.99 Å². The molecule has 2 aromatic carbocycles. The molecule has 0 spiro atoms. The van der Waals surface area contributed by atoms with E-state index in [2.05, 4.69) is 17.6 Å². The van der Waals surface area contributed by atoms with Crippen LogP contribution in [0.25, 0.3) is 0 Å². The third-order valence-electron chi connectivity index (χ3n) is 2.36. The maximum atomic E-state index is 10.8. The Balaban J connectivity index is 2.35. The number of thiol groups is 1. The molecular weight excluding hydrogens is 248 g/mol. The topological polar surface area (TPSA) is 55.5 Å². The minimum absolute atomic E-state index is 0.0397. The summed E-state index contributed by atoms with van der Waals surface area (Å²) in [5, 5.41) is 10.8. The van der Waals surface area contributed by atoms with Gasteiger partial charge in [-0.05, 0) is 18.2 Å². The van der Waals surface area contributed by atoms with E-state index in [0.717, 1.165) is 4.90 Å². The van der Waals surface area contributed by atoms with E-state index in [1.54, 1.807) is 24.3 Å². The minimum atomic E-state index is -0.423. The van der Waals surface area contributed by atoms with E-state index < -0.39 is 4.92 Å². The summed E-state index contributed by atoms with van der Waals surface area (Å²) in [6.45, 7) is 0. The first-order valence-corrected chi connectivity index (χ1v) is 5.68. The fraction of sp³-hybridized carbons (Fsp3) is 0. The molecule has 2 aromatic rings. The van der Waals surface area contributed by atoms with Crippen LogP contribution in [-0.4, -0.2) is 11.1 Å². The van der Waals surface area contributed by atoms with Gasteiger partial charge in [0.1, 0.15) is 0 Å². The predicted octanol–water partition coefficient (Wildman–Crippen LogP) is 3.63. The monoisotopic (exact) mass is 258 g/mol. The molecule has 0 bridgehead atoms. The summed E-state index contributed by atoms with van der Waals surface area (Å²) in [6.07, 6.45) is 1.48. The van der Waals surface area contributed by atoms with Crippen LogP contribution in [0.15, 0.2) is 58.4 Å². The van der Waals surface area contributed by atoms with E-state index in [1.165, 1.54) is 12.3 Å². The molecule has 0 amide bonds. The molecule has 0 aliphatic rings. The summed E-state index contributed by atoms with van der Waals surface area (Å²) < 4.78 is 0. The Hall–Kier alpha value is -2.14. The summed E-state index contributed by atoms with van der Waals surface area (Å²) in [6, 6.07) is 13.8. The van der Waals surface area contributed by atoms with E-state index >= 15 is 0 Å².